The molecule has 1 aliphatic rings. The normalized spacial score (nSPS) is 20.9. The predicted molar refractivity (Wildman–Crippen MR) is 74.6 cm³/mol. The highest BCUT2D eigenvalue weighted by molar-refractivity contribution is 6.35. The summed E-state index contributed by atoms with van der Waals surface area (Å²) in [6, 6.07) is 1.68. The molecule has 1 N–H and O–H groups in total. The Bertz CT molecular complexity index is 403. The van der Waals surface area contributed by atoms with Crippen LogP contribution in [0.1, 0.15) is 6.92 Å². The van der Waals surface area contributed by atoms with Gasteiger partial charge in [-0.3, -0.25) is 4.90 Å². The van der Waals surface area contributed by atoms with Crippen LogP contribution in [0.5, 0.6) is 0 Å². The van der Waals surface area contributed by atoms with Crippen molar-refractivity contribution >= 4 is 29.0 Å². The predicted octanol–water partition coefficient (Wildman–Crippen LogP) is 2.52. The maximum absolute atomic E-state index is 6.04. The van der Waals surface area contributed by atoms with E-state index in [9.17, 15) is 0 Å². The van der Waals surface area contributed by atoms with Crippen molar-refractivity contribution in [1.82, 2.24) is 9.88 Å². The van der Waals surface area contributed by atoms with Crippen molar-refractivity contribution in [3.63, 3.8) is 0 Å². The fourth-order valence-electron chi connectivity index (χ4n) is 1.95. The van der Waals surface area contributed by atoms with Crippen molar-refractivity contribution in [3.05, 3.63) is 22.3 Å². The van der Waals surface area contributed by atoms with Crippen LogP contribution in [0.4, 0.5) is 5.82 Å². The van der Waals surface area contributed by atoms with Crippen LogP contribution in [0.15, 0.2) is 12.3 Å². The van der Waals surface area contributed by atoms with E-state index >= 15 is 0 Å². The van der Waals surface area contributed by atoms with Gasteiger partial charge in [-0.05, 0) is 12.6 Å². The molecule has 6 heteroatoms. The van der Waals surface area contributed by atoms with Crippen LogP contribution in [0.3, 0.4) is 0 Å². The topological polar surface area (TPSA) is 37.4 Å². The lowest BCUT2D eigenvalue weighted by Crippen LogP contribution is -2.45. The summed E-state index contributed by atoms with van der Waals surface area (Å²) in [4.78, 5) is 6.53. The van der Waals surface area contributed by atoms with Gasteiger partial charge < -0.3 is 10.1 Å². The number of aromatic nitrogens is 1. The summed E-state index contributed by atoms with van der Waals surface area (Å²) in [6.07, 6.45) is 1.75. The van der Waals surface area contributed by atoms with E-state index in [0.717, 1.165) is 26.2 Å². The van der Waals surface area contributed by atoms with Crippen molar-refractivity contribution in [3.8, 4) is 0 Å². The Morgan fingerprint density at radius 3 is 3.11 bits per heavy atom. The fraction of sp³-hybridized carbons (Fsp3) is 0.583. The van der Waals surface area contributed by atoms with Crippen molar-refractivity contribution < 1.29 is 4.74 Å². The van der Waals surface area contributed by atoms with Crippen molar-refractivity contribution in [2.24, 2.45) is 0 Å². The molecule has 1 fully saturated rings. The van der Waals surface area contributed by atoms with Crippen LogP contribution >= 0.6 is 23.2 Å². The second-order valence-electron chi connectivity index (χ2n) is 4.25. The zero-order valence-electron chi connectivity index (χ0n) is 10.3. The summed E-state index contributed by atoms with van der Waals surface area (Å²) in [7, 11) is 0. The first-order valence-corrected chi connectivity index (χ1v) is 6.83. The standard InChI is InChI=1S/C12H17Cl2N3O/c1-2-17-3-4-18-10(8-17)7-16-12-11(14)5-9(13)6-15-12/h5-6,10H,2-4,7-8H2,1H3,(H,15,16). The van der Waals surface area contributed by atoms with E-state index in [4.69, 9.17) is 27.9 Å². The number of anilines is 1. The van der Waals surface area contributed by atoms with Crippen LogP contribution in [-0.2, 0) is 4.74 Å². The molecule has 0 bridgehead atoms. The summed E-state index contributed by atoms with van der Waals surface area (Å²) in [5, 5.41) is 4.27. The highest BCUT2D eigenvalue weighted by Gasteiger charge is 2.19. The Labute approximate surface area is 117 Å². The van der Waals surface area contributed by atoms with Gasteiger partial charge in [-0.1, -0.05) is 30.1 Å². The maximum Gasteiger partial charge on any atom is 0.144 e. The Balaban J connectivity index is 1.87. The summed E-state index contributed by atoms with van der Waals surface area (Å²) in [5.74, 6) is 0.651. The zero-order valence-corrected chi connectivity index (χ0v) is 11.8. The van der Waals surface area contributed by atoms with Gasteiger partial charge in [0.05, 0.1) is 22.8 Å². The molecule has 1 unspecified atom stereocenters. The number of nitrogens with one attached hydrogen (secondary N) is 1. The quantitative estimate of drug-likeness (QED) is 0.924. The maximum atomic E-state index is 6.04. The minimum absolute atomic E-state index is 0.173. The van der Waals surface area contributed by atoms with E-state index < -0.39 is 0 Å². The van der Waals surface area contributed by atoms with E-state index in [2.05, 4.69) is 22.1 Å². The number of nitrogens with zero attached hydrogens (tertiary/aromatic N) is 2. The first kappa shape index (κ1) is 13.9. The SMILES string of the molecule is CCN1CCOC(CNc2ncc(Cl)cc2Cl)C1. The van der Waals surface area contributed by atoms with Crippen molar-refractivity contribution in [2.45, 2.75) is 13.0 Å². The molecule has 2 rings (SSSR count). The summed E-state index contributed by atoms with van der Waals surface area (Å²) >= 11 is 11.8. The van der Waals surface area contributed by atoms with Gasteiger partial charge in [-0.15, -0.1) is 0 Å². The lowest BCUT2D eigenvalue weighted by molar-refractivity contribution is -0.0192. The fourth-order valence-corrected chi connectivity index (χ4v) is 2.39. The Morgan fingerprint density at radius 1 is 1.56 bits per heavy atom. The molecule has 100 valence electrons. The Hall–Kier alpha value is -0.550. The molecule has 0 amide bonds. The van der Waals surface area contributed by atoms with E-state index in [1.54, 1.807) is 12.3 Å². The van der Waals surface area contributed by atoms with Gasteiger partial charge in [0.25, 0.3) is 0 Å². The van der Waals surface area contributed by atoms with Crippen molar-refractivity contribution in [2.75, 3.05) is 38.1 Å². The van der Waals surface area contributed by atoms with Gasteiger partial charge in [0.15, 0.2) is 0 Å². The second-order valence-corrected chi connectivity index (χ2v) is 5.09. The number of ether oxygens (including phenoxy) is 1. The number of hydrogen-bond donors (Lipinski definition) is 1. The van der Waals surface area contributed by atoms with Crippen LogP contribution in [-0.4, -0.2) is 48.8 Å². The third kappa shape index (κ3) is 3.72. The summed E-state index contributed by atoms with van der Waals surface area (Å²) in [6.45, 7) is 6.64. The molecule has 0 radical (unpaired) electrons. The smallest absolute Gasteiger partial charge is 0.144 e. The zero-order chi connectivity index (χ0) is 13.0. The molecule has 1 saturated heterocycles. The van der Waals surface area contributed by atoms with Gasteiger partial charge in [0, 0.05) is 25.8 Å². The largest absolute Gasteiger partial charge is 0.374 e. The lowest BCUT2D eigenvalue weighted by atomic mass is 10.2. The average molecular weight is 290 g/mol. The highest BCUT2D eigenvalue weighted by Crippen LogP contribution is 2.22. The Kier molecular flexibility index (Phi) is 5.06. The number of pyridine rings is 1. The molecule has 4 nitrogen and oxygen atoms in total. The molecule has 0 spiro atoms. The van der Waals surface area contributed by atoms with Crippen LogP contribution in [0.25, 0.3) is 0 Å². The highest BCUT2D eigenvalue weighted by atomic mass is 35.5. The van der Waals surface area contributed by atoms with E-state index in [-0.39, 0.29) is 6.10 Å². The van der Waals surface area contributed by atoms with Gasteiger partial charge in [-0.2, -0.15) is 0 Å². The monoisotopic (exact) mass is 289 g/mol. The number of morpholine rings is 1. The van der Waals surface area contributed by atoms with E-state index in [1.807, 2.05) is 0 Å². The van der Waals surface area contributed by atoms with E-state index in [0.29, 0.717) is 22.4 Å². The third-order valence-corrected chi connectivity index (χ3v) is 3.47. The molecule has 0 saturated carbocycles. The molecular formula is C12H17Cl2N3O. The van der Waals surface area contributed by atoms with Crippen LogP contribution in [0.2, 0.25) is 10.0 Å². The second kappa shape index (κ2) is 6.57. The molecule has 1 aromatic rings. The molecular weight excluding hydrogens is 273 g/mol. The van der Waals surface area contributed by atoms with Crippen molar-refractivity contribution in [1.29, 1.82) is 0 Å². The number of halogens is 2. The van der Waals surface area contributed by atoms with Crippen LogP contribution < -0.4 is 5.32 Å². The first-order chi connectivity index (χ1) is 8.69. The van der Waals surface area contributed by atoms with Gasteiger partial charge >= 0.3 is 0 Å². The number of likely N-dealkylation sites (N-methyl/N-ethyl adjacent to an activating group) is 1. The van der Waals surface area contributed by atoms with Gasteiger partial charge in [-0.25, -0.2) is 4.98 Å². The molecule has 1 aliphatic heterocycles. The third-order valence-electron chi connectivity index (χ3n) is 2.98. The summed E-state index contributed by atoms with van der Waals surface area (Å²) < 4.78 is 5.69. The average Bonchev–Trinajstić information content (AvgIpc) is 2.38. The van der Waals surface area contributed by atoms with Gasteiger partial charge in [0.2, 0.25) is 0 Å². The Morgan fingerprint density at radius 2 is 2.39 bits per heavy atom. The number of hydrogen-bond acceptors (Lipinski definition) is 4. The minimum Gasteiger partial charge on any atom is -0.374 e. The lowest BCUT2D eigenvalue weighted by Gasteiger charge is -2.32. The molecule has 1 atom stereocenters. The van der Waals surface area contributed by atoms with Crippen LogP contribution in [0, 0.1) is 0 Å². The van der Waals surface area contributed by atoms with Gasteiger partial charge in [0.1, 0.15) is 5.82 Å². The first-order valence-electron chi connectivity index (χ1n) is 6.08. The van der Waals surface area contributed by atoms with E-state index in [1.165, 1.54) is 0 Å². The molecule has 0 aromatic carbocycles. The molecule has 1 aromatic heterocycles. The summed E-state index contributed by atoms with van der Waals surface area (Å²) in [5.41, 5.74) is 0. The minimum atomic E-state index is 0.173. The number of rotatable bonds is 4. The molecule has 0 aliphatic carbocycles. The molecule has 2 heterocycles. The molecule has 18 heavy (non-hydrogen) atoms.